The highest BCUT2D eigenvalue weighted by Gasteiger charge is 2.14. The number of aliphatic hydroxyl groups excluding tert-OH is 1. The molecule has 2 unspecified atom stereocenters. The highest BCUT2D eigenvalue weighted by molar-refractivity contribution is 5.41. The molecule has 0 saturated carbocycles. The minimum absolute atomic E-state index is 0.0105. The molecule has 90 valence electrons. The van der Waals surface area contributed by atoms with Crippen molar-refractivity contribution in [2.45, 2.75) is 19.9 Å². The summed E-state index contributed by atoms with van der Waals surface area (Å²) >= 11 is 0. The molecule has 0 fully saturated rings. The minimum Gasteiger partial charge on any atom is -0.396 e. The topological polar surface area (TPSA) is 96.1 Å². The summed E-state index contributed by atoms with van der Waals surface area (Å²) < 4.78 is 13.3. The molecular weight excluding hydrogens is 213 g/mol. The van der Waals surface area contributed by atoms with Crippen LogP contribution in [0.1, 0.15) is 13.8 Å². The van der Waals surface area contributed by atoms with Gasteiger partial charge in [0.1, 0.15) is 0 Å². The third kappa shape index (κ3) is 3.01. The Kier molecular flexibility index (Phi) is 4.39. The molecule has 1 rings (SSSR count). The van der Waals surface area contributed by atoms with Crippen LogP contribution in [0, 0.1) is 11.7 Å². The van der Waals surface area contributed by atoms with Crippen LogP contribution in [-0.4, -0.2) is 27.7 Å². The number of halogens is 1. The SMILES string of the molecule is CC(CO)C(C)Nc1nc(NN)ncc1F. The lowest BCUT2D eigenvalue weighted by Crippen LogP contribution is -2.27. The first-order valence-electron chi connectivity index (χ1n) is 4.95. The van der Waals surface area contributed by atoms with E-state index in [4.69, 9.17) is 10.9 Å². The monoisotopic (exact) mass is 229 g/mol. The summed E-state index contributed by atoms with van der Waals surface area (Å²) in [6, 6.07) is -0.111. The fourth-order valence-electron chi connectivity index (χ4n) is 1.05. The van der Waals surface area contributed by atoms with Crippen LogP contribution in [-0.2, 0) is 0 Å². The van der Waals surface area contributed by atoms with Gasteiger partial charge in [-0.15, -0.1) is 0 Å². The van der Waals surface area contributed by atoms with Crippen LogP contribution in [0.2, 0.25) is 0 Å². The number of nitrogens with zero attached hydrogens (tertiary/aromatic N) is 2. The van der Waals surface area contributed by atoms with E-state index in [0.717, 1.165) is 6.20 Å². The molecule has 0 amide bonds. The number of nitrogens with one attached hydrogen (secondary N) is 2. The van der Waals surface area contributed by atoms with Crippen LogP contribution in [0.5, 0.6) is 0 Å². The highest BCUT2D eigenvalue weighted by atomic mass is 19.1. The first-order valence-corrected chi connectivity index (χ1v) is 4.95. The van der Waals surface area contributed by atoms with Crippen LogP contribution in [0.3, 0.4) is 0 Å². The van der Waals surface area contributed by atoms with Gasteiger partial charge in [0, 0.05) is 12.6 Å². The molecule has 0 spiro atoms. The second kappa shape index (κ2) is 5.57. The van der Waals surface area contributed by atoms with E-state index in [1.54, 1.807) is 0 Å². The lowest BCUT2D eigenvalue weighted by Gasteiger charge is -2.20. The third-order valence-electron chi connectivity index (χ3n) is 2.38. The van der Waals surface area contributed by atoms with Crippen molar-refractivity contribution < 1.29 is 9.50 Å². The molecule has 0 aliphatic heterocycles. The largest absolute Gasteiger partial charge is 0.396 e. The number of rotatable bonds is 5. The minimum atomic E-state index is -0.559. The molecule has 1 aromatic heterocycles. The van der Waals surface area contributed by atoms with Crippen LogP contribution < -0.4 is 16.6 Å². The van der Waals surface area contributed by atoms with E-state index in [-0.39, 0.29) is 30.3 Å². The maximum Gasteiger partial charge on any atom is 0.239 e. The molecule has 6 nitrogen and oxygen atoms in total. The second-order valence-corrected chi connectivity index (χ2v) is 3.63. The Morgan fingerprint density at radius 3 is 2.81 bits per heavy atom. The molecule has 2 atom stereocenters. The number of hydrogen-bond acceptors (Lipinski definition) is 6. The molecule has 1 aromatic rings. The van der Waals surface area contributed by atoms with Gasteiger partial charge in [-0.3, -0.25) is 5.43 Å². The summed E-state index contributed by atoms with van der Waals surface area (Å²) in [6.45, 7) is 3.69. The fraction of sp³-hybridized carbons (Fsp3) is 0.556. The molecule has 5 N–H and O–H groups in total. The first kappa shape index (κ1) is 12.6. The van der Waals surface area contributed by atoms with Gasteiger partial charge in [-0.2, -0.15) is 4.98 Å². The predicted molar refractivity (Wildman–Crippen MR) is 59.1 cm³/mol. The summed E-state index contributed by atoms with van der Waals surface area (Å²) in [4.78, 5) is 7.45. The smallest absolute Gasteiger partial charge is 0.239 e. The van der Waals surface area contributed by atoms with E-state index in [9.17, 15) is 4.39 Å². The number of hydrazine groups is 1. The van der Waals surface area contributed by atoms with Gasteiger partial charge in [0.05, 0.1) is 6.20 Å². The normalized spacial score (nSPS) is 14.3. The molecule has 0 aliphatic carbocycles. The molecule has 16 heavy (non-hydrogen) atoms. The van der Waals surface area contributed by atoms with Crippen molar-refractivity contribution in [3.63, 3.8) is 0 Å². The number of hydrogen-bond donors (Lipinski definition) is 4. The van der Waals surface area contributed by atoms with E-state index < -0.39 is 5.82 Å². The standard InChI is InChI=1S/C9H16FN5O/c1-5(4-16)6(2)13-8-7(10)3-12-9(14-8)15-11/h3,5-6,16H,4,11H2,1-2H3,(H2,12,13,14,15). The van der Waals surface area contributed by atoms with Gasteiger partial charge in [-0.25, -0.2) is 15.2 Å². The van der Waals surface area contributed by atoms with Gasteiger partial charge in [-0.05, 0) is 12.8 Å². The summed E-state index contributed by atoms with van der Waals surface area (Å²) in [7, 11) is 0. The quantitative estimate of drug-likeness (QED) is 0.429. The summed E-state index contributed by atoms with van der Waals surface area (Å²) in [6.07, 6.45) is 1.03. The van der Waals surface area contributed by atoms with Crippen LogP contribution in [0.25, 0.3) is 0 Å². The molecule has 0 saturated heterocycles. The van der Waals surface area contributed by atoms with Crippen molar-refractivity contribution in [3.8, 4) is 0 Å². The number of aliphatic hydroxyl groups is 1. The summed E-state index contributed by atoms with van der Waals surface area (Å²) in [5.41, 5.74) is 2.23. The number of nitrogens with two attached hydrogens (primary N) is 1. The third-order valence-corrected chi connectivity index (χ3v) is 2.38. The van der Waals surface area contributed by atoms with E-state index in [2.05, 4.69) is 20.7 Å². The highest BCUT2D eigenvalue weighted by Crippen LogP contribution is 2.15. The van der Waals surface area contributed by atoms with Gasteiger partial charge in [0.25, 0.3) is 0 Å². The van der Waals surface area contributed by atoms with E-state index in [1.165, 1.54) is 0 Å². The van der Waals surface area contributed by atoms with Gasteiger partial charge in [0.2, 0.25) is 5.95 Å². The van der Waals surface area contributed by atoms with Crippen molar-refractivity contribution in [2.24, 2.45) is 11.8 Å². The molecule has 7 heteroatoms. The number of nitrogen functional groups attached to an aromatic ring is 1. The summed E-state index contributed by atoms with van der Waals surface area (Å²) in [5, 5.41) is 11.8. The summed E-state index contributed by atoms with van der Waals surface area (Å²) in [5.74, 6) is 4.75. The van der Waals surface area contributed by atoms with Gasteiger partial charge in [0.15, 0.2) is 11.6 Å². The zero-order valence-corrected chi connectivity index (χ0v) is 9.24. The van der Waals surface area contributed by atoms with Gasteiger partial charge >= 0.3 is 0 Å². The van der Waals surface area contributed by atoms with Crippen LogP contribution in [0.4, 0.5) is 16.2 Å². The molecule has 0 bridgehead atoms. The lowest BCUT2D eigenvalue weighted by atomic mass is 10.1. The Morgan fingerprint density at radius 1 is 1.56 bits per heavy atom. The number of anilines is 2. The average Bonchev–Trinajstić information content (AvgIpc) is 2.30. The van der Waals surface area contributed by atoms with Crippen molar-refractivity contribution in [1.29, 1.82) is 0 Å². The maximum absolute atomic E-state index is 13.3. The van der Waals surface area contributed by atoms with Crippen molar-refractivity contribution in [1.82, 2.24) is 9.97 Å². The maximum atomic E-state index is 13.3. The predicted octanol–water partition coefficient (Wildman–Crippen LogP) is 0.330. The average molecular weight is 229 g/mol. The second-order valence-electron chi connectivity index (χ2n) is 3.63. The van der Waals surface area contributed by atoms with E-state index >= 15 is 0 Å². The Hall–Kier alpha value is -1.47. The molecule has 0 radical (unpaired) electrons. The van der Waals surface area contributed by atoms with Crippen molar-refractivity contribution in [3.05, 3.63) is 12.0 Å². The van der Waals surface area contributed by atoms with E-state index in [1.807, 2.05) is 13.8 Å². The first-order chi connectivity index (χ1) is 7.58. The fourth-order valence-corrected chi connectivity index (χ4v) is 1.05. The van der Waals surface area contributed by atoms with Crippen LogP contribution in [0.15, 0.2) is 6.20 Å². The molecule has 1 heterocycles. The number of aromatic nitrogens is 2. The Morgan fingerprint density at radius 2 is 2.25 bits per heavy atom. The zero-order chi connectivity index (χ0) is 12.1. The molecule has 0 aromatic carbocycles. The van der Waals surface area contributed by atoms with Crippen LogP contribution >= 0.6 is 0 Å². The van der Waals surface area contributed by atoms with Crippen molar-refractivity contribution >= 4 is 11.8 Å². The Labute approximate surface area is 93.1 Å². The molecular formula is C9H16FN5O. The van der Waals surface area contributed by atoms with E-state index in [0.29, 0.717) is 0 Å². The lowest BCUT2D eigenvalue weighted by molar-refractivity contribution is 0.226. The van der Waals surface area contributed by atoms with Gasteiger partial charge in [-0.1, -0.05) is 6.92 Å². The van der Waals surface area contributed by atoms with Crippen molar-refractivity contribution in [2.75, 3.05) is 17.3 Å². The Bertz CT molecular complexity index is 349. The van der Waals surface area contributed by atoms with Gasteiger partial charge < -0.3 is 10.4 Å². The molecule has 0 aliphatic rings. The zero-order valence-electron chi connectivity index (χ0n) is 9.24. The Balaban J connectivity index is 2.79.